The van der Waals surface area contributed by atoms with Crippen LogP contribution < -0.4 is 10.5 Å². The topological polar surface area (TPSA) is 61.3 Å². The van der Waals surface area contributed by atoms with E-state index in [1.807, 2.05) is 32.9 Å². The SMILES string of the molecule is Cc1cc(Br)cc(CN)c1OCc1c(C)noc1C. The fraction of sp³-hybridized carbons (Fsp3) is 0.357. The van der Waals surface area contributed by atoms with Gasteiger partial charge in [0, 0.05) is 16.6 Å². The van der Waals surface area contributed by atoms with Gasteiger partial charge < -0.3 is 15.0 Å². The van der Waals surface area contributed by atoms with Crippen LogP contribution in [0.5, 0.6) is 5.75 Å². The van der Waals surface area contributed by atoms with E-state index in [0.29, 0.717) is 13.2 Å². The van der Waals surface area contributed by atoms with Crippen LogP contribution in [-0.4, -0.2) is 5.16 Å². The zero-order valence-electron chi connectivity index (χ0n) is 11.3. The average molecular weight is 325 g/mol. The number of hydrogen-bond donors (Lipinski definition) is 1. The van der Waals surface area contributed by atoms with Crippen LogP contribution in [0.4, 0.5) is 0 Å². The summed E-state index contributed by atoms with van der Waals surface area (Å²) < 4.78 is 12.1. The zero-order chi connectivity index (χ0) is 14.0. The van der Waals surface area contributed by atoms with Crippen molar-refractivity contribution >= 4 is 15.9 Å². The van der Waals surface area contributed by atoms with E-state index in [1.54, 1.807) is 0 Å². The van der Waals surface area contributed by atoms with Gasteiger partial charge in [-0.2, -0.15) is 0 Å². The van der Waals surface area contributed by atoms with Gasteiger partial charge in [0.05, 0.1) is 11.3 Å². The minimum absolute atomic E-state index is 0.441. The molecule has 2 N–H and O–H groups in total. The number of rotatable bonds is 4. The highest BCUT2D eigenvalue weighted by Gasteiger charge is 2.12. The van der Waals surface area contributed by atoms with Crippen molar-refractivity contribution in [2.45, 2.75) is 33.9 Å². The summed E-state index contributed by atoms with van der Waals surface area (Å²) in [7, 11) is 0. The third kappa shape index (κ3) is 2.98. The van der Waals surface area contributed by atoms with Crippen molar-refractivity contribution in [1.29, 1.82) is 0 Å². The lowest BCUT2D eigenvalue weighted by Crippen LogP contribution is -2.05. The molecule has 1 aromatic carbocycles. The Balaban J connectivity index is 2.25. The lowest BCUT2D eigenvalue weighted by Gasteiger charge is -2.14. The van der Waals surface area contributed by atoms with E-state index in [9.17, 15) is 0 Å². The Morgan fingerprint density at radius 3 is 2.63 bits per heavy atom. The van der Waals surface area contributed by atoms with Crippen molar-refractivity contribution in [2.75, 3.05) is 0 Å². The van der Waals surface area contributed by atoms with E-state index in [4.69, 9.17) is 15.0 Å². The van der Waals surface area contributed by atoms with E-state index in [1.165, 1.54) is 0 Å². The number of aromatic nitrogens is 1. The molecule has 0 unspecified atom stereocenters. The quantitative estimate of drug-likeness (QED) is 0.936. The Kier molecular flexibility index (Phi) is 4.27. The van der Waals surface area contributed by atoms with Gasteiger partial charge in [0.2, 0.25) is 0 Å². The second-order valence-corrected chi connectivity index (χ2v) is 5.42. The van der Waals surface area contributed by atoms with E-state index >= 15 is 0 Å². The first-order valence-electron chi connectivity index (χ1n) is 6.06. The first-order chi connectivity index (χ1) is 9.02. The van der Waals surface area contributed by atoms with E-state index < -0.39 is 0 Å². The van der Waals surface area contributed by atoms with Gasteiger partial charge in [-0.1, -0.05) is 21.1 Å². The maximum Gasteiger partial charge on any atom is 0.140 e. The molecule has 0 saturated heterocycles. The molecule has 102 valence electrons. The number of benzene rings is 1. The normalized spacial score (nSPS) is 10.8. The number of nitrogens with zero attached hydrogens (tertiary/aromatic N) is 1. The smallest absolute Gasteiger partial charge is 0.140 e. The predicted molar refractivity (Wildman–Crippen MR) is 77.1 cm³/mol. The van der Waals surface area contributed by atoms with Crippen LogP contribution in [0.15, 0.2) is 21.1 Å². The van der Waals surface area contributed by atoms with Crippen LogP contribution in [0.2, 0.25) is 0 Å². The standard InChI is InChI=1S/C14H17BrN2O2/c1-8-4-12(15)5-11(6-16)14(8)18-7-13-9(2)17-19-10(13)3/h4-5H,6-7,16H2,1-3H3. The molecule has 4 nitrogen and oxygen atoms in total. The molecule has 19 heavy (non-hydrogen) atoms. The molecule has 0 aliphatic rings. The summed E-state index contributed by atoms with van der Waals surface area (Å²) >= 11 is 3.46. The highest BCUT2D eigenvalue weighted by atomic mass is 79.9. The molecule has 0 spiro atoms. The molecule has 0 aliphatic heterocycles. The van der Waals surface area contributed by atoms with Gasteiger partial charge in [-0.3, -0.25) is 0 Å². The molecule has 0 amide bonds. The lowest BCUT2D eigenvalue weighted by molar-refractivity contribution is 0.296. The molecular formula is C14H17BrN2O2. The highest BCUT2D eigenvalue weighted by Crippen LogP contribution is 2.29. The van der Waals surface area contributed by atoms with Crippen molar-refractivity contribution in [1.82, 2.24) is 5.16 Å². The predicted octanol–water partition coefficient (Wildman–Crippen LogP) is 3.40. The Labute approximate surface area is 121 Å². The van der Waals surface area contributed by atoms with Crippen molar-refractivity contribution < 1.29 is 9.26 Å². The minimum Gasteiger partial charge on any atom is -0.488 e. The molecule has 0 saturated carbocycles. The average Bonchev–Trinajstić information content (AvgIpc) is 2.67. The summed E-state index contributed by atoms with van der Waals surface area (Å²) in [6.45, 7) is 6.69. The maximum atomic E-state index is 5.92. The molecular weight excluding hydrogens is 308 g/mol. The van der Waals surface area contributed by atoms with Gasteiger partial charge in [-0.25, -0.2) is 0 Å². The highest BCUT2D eigenvalue weighted by molar-refractivity contribution is 9.10. The molecule has 0 fully saturated rings. The summed E-state index contributed by atoms with van der Waals surface area (Å²) in [6.07, 6.45) is 0. The van der Waals surface area contributed by atoms with Gasteiger partial charge >= 0.3 is 0 Å². The van der Waals surface area contributed by atoms with E-state index in [0.717, 1.165) is 38.4 Å². The first kappa shape index (κ1) is 14.1. The van der Waals surface area contributed by atoms with E-state index in [2.05, 4.69) is 21.1 Å². The van der Waals surface area contributed by atoms with Crippen LogP contribution in [0.25, 0.3) is 0 Å². The zero-order valence-corrected chi connectivity index (χ0v) is 12.9. The first-order valence-corrected chi connectivity index (χ1v) is 6.86. The third-order valence-electron chi connectivity index (χ3n) is 3.08. The molecule has 1 heterocycles. The molecule has 2 aromatic rings. The van der Waals surface area contributed by atoms with E-state index in [-0.39, 0.29) is 0 Å². The van der Waals surface area contributed by atoms with Crippen molar-refractivity contribution in [3.8, 4) is 5.75 Å². The summed E-state index contributed by atoms with van der Waals surface area (Å²) in [6, 6.07) is 4.00. The van der Waals surface area contributed by atoms with Crippen LogP contribution in [0.1, 0.15) is 28.1 Å². The molecule has 2 rings (SSSR count). The molecule has 1 aromatic heterocycles. The maximum absolute atomic E-state index is 5.92. The van der Waals surface area contributed by atoms with Crippen molar-refractivity contribution in [3.05, 3.63) is 44.7 Å². The lowest BCUT2D eigenvalue weighted by atomic mass is 10.1. The van der Waals surface area contributed by atoms with Gasteiger partial charge in [-0.05, 0) is 38.5 Å². The second kappa shape index (κ2) is 5.75. The summed E-state index contributed by atoms with van der Waals surface area (Å²) in [4.78, 5) is 0. The fourth-order valence-electron chi connectivity index (χ4n) is 2.01. The number of hydrogen-bond acceptors (Lipinski definition) is 4. The Hall–Kier alpha value is -1.33. The van der Waals surface area contributed by atoms with Crippen LogP contribution in [-0.2, 0) is 13.2 Å². The molecule has 0 aliphatic carbocycles. The number of nitrogens with two attached hydrogens (primary N) is 1. The van der Waals surface area contributed by atoms with Crippen LogP contribution in [0, 0.1) is 20.8 Å². The van der Waals surface area contributed by atoms with Gasteiger partial charge in [0.1, 0.15) is 18.1 Å². The Morgan fingerprint density at radius 2 is 2.05 bits per heavy atom. The van der Waals surface area contributed by atoms with Crippen LogP contribution >= 0.6 is 15.9 Å². The Morgan fingerprint density at radius 1 is 1.32 bits per heavy atom. The second-order valence-electron chi connectivity index (χ2n) is 4.51. The summed E-state index contributed by atoms with van der Waals surface area (Å²) in [5.41, 5.74) is 9.66. The van der Waals surface area contributed by atoms with Gasteiger partial charge in [0.15, 0.2) is 0 Å². The molecule has 5 heteroatoms. The van der Waals surface area contributed by atoms with Crippen molar-refractivity contribution in [3.63, 3.8) is 0 Å². The number of ether oxygens (including phenoxy) is 1. The number of halogens is 1. The van der Waals surface area contributed by atoms with Gasteiger partial charge in [0.25, 0.3) is 0 Å². The number of aryl methyl sites for hydroxylation is 3. The molecule has 0 radical (unpaired) electrons. The third-order valence-corrected chi connectivity index (χ3v) is 3.54. The van der Waals surface area contributed by atoms with Crippen LogP contribution in [0.3, 0.4) is 0 Å². The summed E-state index contributed by atoms with van der Waals surface area (Å²) in [5, 5.41) is 3.92. The minimum atomic E-state index is 0.441. The molecule has 0 atom stereocenters. The largest absolute Gasteiger partial charge is 0.488 e. The molecule has 0 bridgehead atoms. The summed E-state index contributed by atoms with van der Waals surface area (Å²) in [5.74, 6) is 1.63. The van der Waals surface area contributed by atoms with Gasteiger partial charge in [-0.15, -0.1) is 0 Å². The Bertz CT molecular complexity index is 574. The monoisotopic (exact) mass is 324 g/mol. The fourth-order valence-corrected chi connectivity index (χ4v) is 2.63. The van der Waals surface area contributed by atoms with Crippen molar-refractivity contribution in [2.24, 2.45) is 5.73 Å².